The second-order valence-electron chi connectivity index (χ2n) is 4.47. The fraction of sp³-hybridized carbons (Fsp3) is 0.615. The fourth-order valence-corrected chi connectivity index (χ4v) is 2.44. The maximum atomic E-state index is 12.9. The minimum Gasteiger partial charge on any atom is -0.314 e. The number of nitrogens with one attached hydrogen (secondary N) is 1. The van der Waals surface area contributed by atoms with Crippen molar-refractivity contribution in [3.05, 3.63) is 29.8 Å². The van der Waals surface area contributed by atoms with Crippen molar-refractivity contribution in [2.45, 2.75) is 32.4 Å². The molecular formula is C13H20FN3. The number of likely N-dealkylation sites (N-methyl/N-ethyl adjacent to an activating group) is 1. The van der Waals surface area contributed by atoms with Crippen molar-refractivity contribution >= 4 is 0 Å². The van der Waals surface area contributed by atoms with E-state index >= 15 is 0 Å². The molecule has 2 rings (SSSR count). The molecule has 1 aliphatic rings. The summed E-state index contributed by atoms with van der Waals surface area (Å²) in [5.74, 6) is -0.267. The fourth-order valence-electron chi connectivity index (χ4n) is 2.44. The van der Waals surface area contributed by atoms with Gasteiger partial charge in [-0.3, -0.25) is 9.88 Å². The Balaban J connectivity index is 2.15. The Bertz CT molecular complexity index is 348. The molecule has 1 aliphatic heterocycles. The summed E-state index contributed by atoms with van der Waals surface area (Å²) in [6.07, 6.45) is 2.31. The van der Waals surface area contributed by atoms with Gasteiger partial charge in [0.15, 0.2) is 0 Å². The molecule has 0 radical (unpaired) electrons. The highest BCUT2D eigenvalue weighted by atomic mass is 19.1. The lowest BCUT2D eigenvalue weighted by Crippen LogP contribution is -2.57. The Kier molecular flexibility index (Phi) is 4.07. The number of pyridine rings is 1. The summed E-state index contributed by atoms with van der Waals surface area (Å²) in [5, 5.41) is 3.29. The summed E-state index contributed by atoms with van der Waals surface area (Å²) in [4.78, 5) is 6.68. The molecule has 94 valence electrons. The minimum absolute atomic E-state index is 0.267. The van der Waals surface area contributed by atoms with Gasteiger partial charge in [-0.15, -0.1) is 0 Å². The smallest absolute Gasteiger partial charge is 0.141 e. The van der Waals surface area contributed by atoms with E-state index in [9.17, 15) is 4.39 Å². The van der Waals surface area contributed by atoms with Gasteiger partial charge in [-0.05, 0) is 25.1 Å². The van der Waals surface area contributed by atoms with Crippen molar-refractivity contribution in [2.75, 3.05) is 19.6 Å². The van der Waals surface area contributed by atoms with E-state index in [2.05, 4.69) is 29.0 Å². The van der Waals surface area contributed by atoms with Crippen LogP contribution in [-0.2, 0) is 0 Å². The third-order valence-electron chi connectivity index (χ3n) is 3.47. The maximum absolute atomic E-state index is 12.9. The SMILES string of the molecule is CCC(c1ccc(F)cn1)N(CC)C1CNC1. The first kappa shape index (κ1) is 12.5. The summed E-state index contributed by atoms with van der Waals surface area (Å²) in [7, 11) is 0. The standard InChI is InChI=1S/C13H20FN3/c1-3-13(12-6-5-10(14)7-16-12)17(4-2)11-8-15-9-11/h5-7,11,13,15H,3-4,8-9H2,1-2H3. The number of aromatic nitrogens is 1. The normalized spacial score (nSPS) is 18.1. The van der Waals surface area contributed by atoms with E-state index in [-0.39, 0.29) is 5.82 Å². The molecule has 1 N–H and O–H groups in total. The Morgan fingerprint density at radius 2 is 2.24 bits per heavy atom. The van der Waals surface area contributed by atoms with Crippen LogP contribution in [0.2, 0.25) is 0 Å². The number of nitrogens with zero attached hydrogens (tertiary/aromatic N) is 2. The summed E-state index contributed by atoms with van der Waals surface area (Å²) in [6.45, 7) is 7.43. The van der Waals surface area contributed by atoms with E-state index in [0.29, 0.717) is 12.1 Å². The highest BCUT2D eigenvalue weighted by Gasteiger charge is 2.29. The molecule has 1 atom stereocenters. The van der Waals surface area contributed by atoms with Crippen LogP contribution in [0.5, 0.6) is 0 Å². The molecule has 2 heterocycles. The molecular weight excluding hydrogens is 217 g/mol. The van der Waals surface area contributed by atoms with Crippen LogP contribution in [0.1, 0.15) is 32.0 Å². The number of rotatable bonds is 5. The van der Waals surface area contributed by atoms with Gasteiger partial charge in [0.05, 0.1) is 17.9 Å². The van der Waals surface area contributed by atoms with Crippen LogP contribution in [0.25, 0.3) is 0 Å². The predicted molar refractivity (Wildman–Crippen MR) is 66.3 cm³/mol. The molecule has 1 aromatic rings. The summed E-state index contributed by atoms with van der Waals surface area (Å²) >= 11 is 0. The summed E-state index contributed by atoms with van der Waals surface area (Å²) in [6, 6.07) is 4.19. The Hall–Kier alpha value is -1.00. The predicted octanol–water partition coefficient (Wildman–Crippen LogP) is 1.97. The first-order chi connectivity index (χ1) is 8.26. The van der Waals surface area contributed by atoms with Crippen LogP contribution in [0, 0.1) is 5.82 Å². The van der Waals surface area contributed by atoms with Gasteiger partial charge in [0.2, 0.25) is 0 Å². The average Bonchev–Trinajstić information content (AvgIpc) is 2.28. The molecule has 1 aromatic heterocycles. The van der Waals surface area contributed by atoms with E-state index in [4.69, 9.17) is 0 Å². The monoisotopic (exact) mass is 237 g/mol. The zero-order chi connectivity index (χ0) is 12.3. The lowest BCUT2D eigenvalue weighted by Gasteiger charge is -2.42. The first-order valence-corrected chi connectivity index (χ1v) is 6.34. The van der Waals surface area contributed by atoms with Gasteiger partial charge in [0.1, 0.15) is 5.82 Å². The number of hydrogen-bond donors (Lipinski definition) is 1. The largest absolute Gasteiger partial charge is 0.314 e. The van der Waals surface area contributed by atoms with Gasteiger partial charge in [-0.2, -0.15) is 0 Å². The second kappa shape index (κ2) is 5.56. The van der Waals surface area contributed by atoms with E-state index in [0.717, 1.165) is 31.7 Å². The highest BCUT2D eigenvalue weighted by molar-refractivity contribution is 5.11. The molecule has 1 fully saturated rings. The molecule has 0 bridgehead atoms. The van der Waals surface area contributed by atoms with Crippen LogP contribution < -0.4 is 5.32 Å². The molecule has 0 saturated carbocycles. The van der Waals surface area contributed by atoms with Crippen LogP contribution in [0.3, 0.4) is 0 Å². The number of halogens is 1. The molecule has 1 saturated heterocycles. The van der Waals surface area contributed by atoms with Crippen LogP contribution in [0.4, 0.5) is 4.39 Å². The lowest BCUT2D eigenvalue weighted by atomic mass is 10.0. The van der Waals surface area contributed by atoms with Crippen LogP contribution in [0.15, 0.2) is 18.3 Å². The van der Waals surface area contributed by atoms with E-state index in [1.165, 1.54) is 12.3 Å². The third-order valence-corrected chi connectivity index (χ3v) is 3.47. The molecule has 0 spiro atoms. The van der Waals surface area contributed by atoms with Gasteiger partial charge < -0.3 is 5.32 Å². The molecule has 4 heteroatoms. The zero-order valence-electron chi connectivity index (χ0n) is 10.5. The quantitative estimate of drug-likeness (QED) is 0.848. The van der Waals surface area contributed by atoms with Gasteiger partial charge >= 0.3 is 0 Å². The molecule has 0 aliphatic carbocycles. The topological polar surface area (TPSA) is 28.2 Å². The van der Waals surface area contributed by atoms with E-state index in [1.54, 1.807) is 6.07 Å². The van der Waals surface area contributed by atoms with E-state index in [1.807, 2.05) is 0 Å². The van der Waals surface area contributed by atoms with Crippen LogP contribution >= 0.6 is 0 Å². The van der Waals surface area contributed by atoms with Crippen molar-refractivity contribution < 1.29 is 4.39 Å². The van der Waals surface area contributed by atoms with Crippen molar-refractivity contribution in [3.8, 4) is 0 Å². The Morgan fingerprint density at radius 3 is 2.65 bits per heavy atom. The van der Waals surface area contributed by atoms with Crippen LogP contribution in [-0.4, -0.2) is 35.6 Å². The van der Waals surface area contributed by atoms with Gasteiger partial charge in [0, 0.05) is 19.1 Å². The molecule has 0 aromatic carbocycles. The summed E-state index contributed by atoms with van der Waals surface area (Å²) in [5.41, 5.74) is 0.975. The number of hydrogen-bond acceptors (Lipinski definition) is 3. The van der Waals surface area contributed by atoms with Crippen molar-refractivity contribution in [1.29, 1.82) is 0 Å². The molecule has 1 unspecified atom stereocenters. The third kappa shape index (κ3) is 2.64. The molecule has 17 heavy (non-hydrogen) atoms. The highest BCUT2D eigenvalue weighted by Crippen LogP contribution is 2.25. The van der Waals surface area contributed by atoms with E-state index < -0.39 is 0 Å². The van der Waals surface area contributed by atoms with Crippen molar-refractivity contribution in [3.63, 3.8) is 0 Å². The molecule has 0 amide bonds. The van der Waals surface area contributed by atoms with Gasteiger partial charge in [-0.25, -0.2) is 4.39 Å². The Morgan fingerprint density at radius 1 is 1.47 bits per heavy atom. The lowest BCUT2D eigenvalue weighted by molar-refractivity contribution is 0.0959. The maximum Gasteiger partial charge on any atom is 0.141 e. The average molecular weight is 237 g/mol. The minimum atomic E-state index is -0.267. The summed E-state index contributed by atoms with van der Waals surface area (Å²) < 4.78 is 12.9. The first-order valence-electron chi connectivity index (χ1n) is 6.34. The van der Waals surface area contributed by atoms with Gasteiger partial charge in [0.25, 0.3) is 0 Å². The Labute approximate surface area is 102 Å². The second-order valence-corrected chi connectivity index (χ2v) is 4.47. The van der Waals surface area contributed by atoms with Crippen molar-refractivity contribution in [1.82, 2.24) is 15.2 Å². The van der Waals surface area contributed by atoms with Gasteiger partial charge in [-0.1, -0.05) is 13.8 Å². The zero-order valence-corrected chi connectivity index (χ0v) is 10.5. The van der Waals surface area contributed by atoms with Crippen molar-refractivity contribution in [2.24, 2.45) is 0 Å². The molecule has 3 nitrogen and oxygen atoms in total.